The standard InChI is InChI=1S/C25H28N2O4/c1-25(24(29)31-3)23-20(13-15-26(25)16-14-22(28)30-2)19-11-7-8-12-21(19)27(23)17-18-9-5-4-6-10-18/h4-12H,13-17H2,1-3H3. The monoisotopic (exact) mass is 420 g/mol. The number of rotatable bonds is 6. The first-order valence-electron chi connectivity index (χ1n) is 10.6. The Labute approximate surface area is 182 Å². The van der Waals surface area contributed by atoms with Crippen LogP contribution in [0.4, 0.5) is 0 Å². The third kappa shape index (κ3) is 3.61. The molecule has 0 saturated carbocycles. The first-order valence-corrected chi connectivity index (χ1v) is 10.6. The van der Waals surface area contributed by atoms with Crippen LogP contribution in [-0.4, -0.2) is 48.7 Å². The van der Waals surface area contributed by atoms with E-state index in [1.807, 2.05) is 37.3 Å². The van der Waals surface area contributed by atoms with Gasteiger partial charge in [0.05, 0.1) is 26.3 Å². The molecule has 2 heterocycles. The minimum atomic E-state index is -1.01. The van der Waals surface area contributed by atoms with Crippen molar-refractivity contribution in [3.8, 4) is 0 Å². The average Bonchev–Trinajstić information content (AvgIpc) is 3.13. The van der Waals surface area contributed by atoms with E-state index in [0.29, 0.717) is 19.6 Å². The van der Waals surface area contributed by atoms with E-state index in [1.165, 1.54) is 19.8 Å². The number of para-hydroxylation sites is 1. The topological polar surface area (TPSA) is 60.8 Å². The van der Waals surface area contributed by atoms with Gasteiger partial charge in [-0.2, -0.15) is 0 Å². The summed E-state index contributed by atoms with van der Waals surface area (Å²) in [4.78, 5) is 27.1. The zero-order valence-electron chi connectivity index (χ0n) is 18.3. The highest BCUT2D eigenvalue weighted by Crippen LogP contribution is 2.42. The number of hydrogen-bond acceptors (Lipinski definition) is 5. The van der Waals surface area contributed by atoms with Crippen molar-refractivity contribution >= 4 is 22.8 Å². The molecule has 4 rings (SSSR count). The van der Waals surface area contributed by atoms with Gasteiger partial charge in [-0.25, -0.2) is 4.79 Å². The SMILES string of the molecule is COC(=O)CCN1CCc2c(n(Cc3ccccc3)c3ccccc23)C1(C)C(=O)OC. The molecule has 162 valence electrons. The molecule has 1 aromatic heterocycles. The summed E-state index contributed by atoms with van der Waals surface area (Å²) in [5.41, 5.74) is 3.37. The lowest BCUT2D eigenvalue weighted by Crippen LogP contribution is -2.55. The van der Waals surface area contributed by atoms with Crippen LogP contribution in [0.25, 0.3) is 10.9 Å². The molecule has 6 nitrogen and oxygen atoms in total. The Morgan fingerprint density at radius 2 is 1.71 bits per heavy atom. The predicted molar refractivity (Wildman–Crippen MR) is 119 cm³/mol. The third-order valence-corrected chi connectivity index (χ3v) is 6.38. The van der Waals surface area contributed by atoms with E-state index in [2.05, 4.69) is 33.7 Å². The lowest BCUT2D eigenvalue weighted by Gasteiger charge is -2.43. The smallest absolute Gasteiger partial charge is 0.332 e. The molecule has 0 fully saturated rings. The van der Waals surface area contributed by atoms with Gasteiger partial charge in [0.2, 0.25) is 0 Å². The molecule has 1 unspecified atom stereocenters. The highest BCUT2D eigenvalue weighted by atomic mass is 16.5. The molecule has 0 aliphatic carbocycles. The van der Waals surface area contributed by atoms with Gasteiger partial charge in [-0.15, -0.1) is 0 Å². The second kappa shape index (κ2) is 8.55. The summed E-state index contributed by atoms with van der Waals surface area (Å²) in [6.07, 6.45) is 1.02. The summed E-state index contributed by atoms with van der Waals surface area (Å²) in [5.74, 6) is -0.613. The zero-order chi connectivity index (χ0) is 22.0. The Balaban J connectivity index is 1.89. The Hall–Kier alpha value is -3.12. The normalized spacial score (nSPS) is 18.5. The van der Waals surface area contributed by atoms with Gasteiger partial charge in [0.15, 0.2) is 5.54 Å². The van der Waals surface area contributed by atoms with E-state index < -0.39 is 5.54 Å². The number of ether oxygens (including phenoxy) is 2. The third-order valence-electron chi connectivity index (χ3n) is 6.38. The van der Waals surface area contributed by atoms with Crippen LogP contribution >= 0.6 is 0 Å². The van der Waals surface area contributed by atoms with Crippen LogP contribution in [-0.2, 0) is 37.6 Å². The number of aromatic nitrogens is 1. The first-order chi connectivity index (χ1) is 15.0. The average molecular weight is 421 g/mol. The van der Waals surface area contributed by atoms with E-state index in [1.54, 1.807) is 0 Å². The fraction of sp³-hybridized carbons (Fsp3) is 0.360. The maximum Gasteiger partial charge on any atom is 0.332 e. The molecule has 0 bridgehead atoms. The number of esters is 2. The van der Waals surface area contributed by atoms with Gasteiger partial charge in [0.25, 0.3) is 0 Å². The summed E-state index contributed by atoms with van der Waals surface area (Å²) in [7, 11) is 2.80. The van der Waals surface area contributed by atoms with Gasteiger partial charge in [-0.1, -0.05) is 48.5 Å². The molecule has 1 aliphatic heterocycles. The van der Waals surface area contributed by atoms with Crippen molar-refractivity contribution in [1.29, 1.82) is 0 Å². The molecule has 0 spiro atoms. The summed E-state index contributed by atoms with van der Waals surface area (Å²) < 4.78 is 12.4. The van der Waals surface area contributed by atoms with E-state index >= 15 is 0 Å². The molecule has 0 radical (unpaired) electrons. The van der Waals surface area contributed by atoms with Crippen LogP contribution in [0.5, 0.6) is 0 Å². The summed E-state index contributed by atoms with van der Waals surface area (Å²) in [6, 6.07) is 18.5. The summed E-state index contributed by atoms with van der Waals surface area (Å²) in [6.45, 7) is 3.64. The predicted octanol–water partition coefficient (Wildman–Crippen LogP) is 3.50. The van der Waals surface area contributed by atoms with Crippen LogP contribution in [0.15, 0.2) is 54.6 Å². The molecule has 0 amide bonds. The van der Waals surface area contributed by atoms with E-state index in [0.717, 1.165) is 28.6 Å². The number of fused-ring (bicyclic) bond motifs is 3. The molecule has 3 aromatic rings. The lowest BCUT2D eigenvalue weighted by atomic mass is 9.85. The largest absolute Gasteiger partial charge is 0.469 e. The molecule has 31 heavy (non-hydrogen) atoms. The van der Waals surface area contributed by atoms with Crippen molar-refractivity contribution in [2.45, 2.75) is 31.8 Å². The van der Waals surface area contributed by atoms with Crippen LogP contribution < -0.4 is 0 Å². The van der Waals surface area contributed by atoms with Crippen LogP contribution in [0.2, 0.25) is 0 Å². The molecule has 6 heteroatoms. The Morgan fingerprint density at radius 1 is 1.00 bits per heavy atom. The lowest BCUT2D eigenvalue weighted by molar-refractivity contribution is -0.157. The van der Waals surface area contributed by atoms with Gasteiger partial charge in [-0.3, -0.25) is 9.69 Å². The minimum Gasteiger partial charge on any atom is -0.469 e. The van der Waals surface area contributed by atoms with Gasteiger partial charge in [-0.05, 0) is 30.5 Å². The number of carbonyl (C=O) groups excluding carboxylic acids is 2. The molecule has 0 saturated heterocycles. The van der Waals surface area contributed by atoms with E-state index in [4.69, 9.17) is 9.47 Å². The molecule has 1 aliphatic rings. The summed E-state index contributed by atoms with van der Waals surface area (Å²) >= 11 is 0. The Bertz CT molecular complexity index is 1110. The maximum absolute atomic E-state index is 13.3. The highest BCUT2D eigenvalue weighted by Gasteiger charge is 2.49. The van der Waals surface area contributed by atoms with Crippen molar-refractivity contribution in [2.24, 2.45) is 0 Å². The van der Waals surface area contributed by atoms with E-state index in [9.17, 15) is 9.59 Å². The van der Waals surface area contributed by atoms with Crippen molar-refractivity contribution in [3.05, 3.63) is 71.4 Å². The fourth-order valence-corrected chi connectivity index (χ4v) is 4.82. The van der Waals surface area contributed by atoms with Gasteiger partial charge in [0, 0.05) is 30.5 Å². The van der Waals surface area contributed by atoms with Crippen LogP contribution in [0.3, 0.4) is 0 Å². The second-order valence-corrected chi connectivity index (χ2v) is 8.04. The molecule has 0 N–H and O–H groups in total. The van der Waals surface area contributed by atoms with Gasteiger partial charge < -0.3 is 14.0 Å². The van der Waals surface area contributed by atoms with Crippen LogP contribution in [0.1, 0.15) is 30.2 Å². The zero-order valence-corrected chi connectivity index (χ0v) is 18.3. The first kappa shape index (κ1) is 21.1. The maximum atomic E-state index is 13.3. The van der Waals surface area contributed by atoms with Crippen LogP contribution in [0, 0.1) is 0 Å². The number of carbonyl (C=O) groups is 2. The van der Waals surface area contributed by atoms with Crippen molar-refractivity contribution in [3.63, 3.8) is 0 Å². The fourth-order valence-electron chi connectivity index (χ4n) is 4.82. The summed E-state index contributed by atoms with van der Waals surface area (Å²) in [5, 5.41) is 1.16. The number of methoxy groups -OCH3 is 2. The Kier molecular flexibility index (Phi) is 5.83. The number of hydrogen-bond donors (Lipinski definition) is 0. The van der Waals surface area contributed by atoms with E-state index in [-0.39, 0.29) is 18.4 Å². The second-order valence-electron chi connectivity index (χ2n) is 8.04. The quantitative estimate of drug-likeness (QED) is 0.571. The van der Waals surface area contributed by atoms with Crippen molar-refractivity contribution in [2.75, 3.05) is 27.3 Å². The van der Waals surface area contributed by atoms with Gasteiger partial charge in [0.1, 0.15) is 0 Å². The molecule has 2 aromatic carbocycles. The molecular formula is C25H28N2O4. The van der Waals surface area contributed by atoms with Crippen molar-refractivity contribution in [1.82, 2.24) is 9.47 Å². The van der Waals surface area contributed by atoms with Crippen molar-refractivity contribution < 1.29 is 19.1 Å². The highest BCUT2D eigenvalue weighted by molar-refractivity contribution is 5.91. The van der Waals surface area contributed by atoms with Gasteiger partial charge >= 0.3 is 11.9 Å². The number of benzene rings is 2. The molecule has 1 atom stereocenters. The minimum absolute atomic E-state index is 0.220. The number of nitrogens with zero attached hydrogens (tertiary/aromatic N) is 2. The Morgan fingerprint density at radius 3 is 2.42 bits per heavy atom. The molecular weight excluding hydrogens is 392 g/mol.